The highest BCUT2D eigenvalue weighted by molar-refractivity contribution is 5.09. The first-order valence-electron chi connectivity index (χ1n) is 5.75. The van der Waals surface area contributed by atoms with Gasteiger partial charge in [0.25, 0.3) is 0 Å². The van der Waals surface area contributed by atoms with Gasteiger partial charge in [-0.2, -0.15) is 0 Å². The molecule has 3 rings (SSSR count). The standard InChI is InChI=1S/C12H19N/c1-2-3-6-13-8-11-9-4-5-10(7-9)12(11)13/h2-3,9-12H,4-8H2,1H3/b3-2+. The zero-order chi connectivity index (χ0) is 8.84. The van der Waals surface area contributed by atoms with Crippen LogP contribution in [-0.4, -0.2) is 24.0 Å². The van der Waals surface area contributed by atoms with Crippen LogP contribution < -0.4 is 0 Å². The van der Waals surface area contributed by atoms with E-state index in [9.17, 15) is 0 Å². The van der Waals surface area contributed by atoms with Crippen LogP contribution in [0, 0.1) is 17.8 Å². The van der Waals surface area contributed by atoms with Gasteiger partial charge < -0.3 is 0 Å². The third kappa shape index (κ3) is 1.03. The predicted octanol–water partition coefficient (Wildman–Crippen LogP) is 2.29. The lowest BCUT2D eigenvalue weighted by molar-refractivity contribution is -0.0122. The Hall–Kier alpha value is -0.300. The molecule has 0 N–H and O–H groups in total. The van der Waals surface area contributed by atoms with Crippen molar-refractivity contribution in [1.82, 2.24) is 4.90 Å². The Morgan fingerprint density at radius 1 is 1.31 bits per heavy atom. The summed E-state index contributed by atoms with van der Waals surface area (Å²) in [7, 11) is 0. The van der Waals surface area contributed by atoms with Crippen LogP contribution in [0.5, 0.6) is 0 Å². The van der Waals surface area contributed by atoms with Gasteiger partial charge in [-0.3, -0.25) is 4.90 Å². The lowest BCUT2D eigenvalue weighted by Crippen LogP contribution is -2.58. The Labute approximate surface area is 80.8 Å². The number of likely N-dealkylation sites (tertiary alicyclic amines) is 1. The van der Waals surface area contributed by atoms with Crippen LogP contribution in [0.25, 0.3) is 0 Å². The van der Waals surface area contributed by atoms with Crippen molar-refractivity contribution in [2.24, 2.45) is 17.8 Å². The SMILES string of the molecule is C/C=C/CN1CC2C3CCC(C3)C21. The van der Waals surface area contributed by atoms with Gasteiger partial charge in [0.15, 0.2) is 0 Å². The van der Waals surface area contributed by atoms with Gasteiger partial charge in [0.2, 0.25) is 0 Å². The summed E-state index contributed by atoms with van der Waals surface area (Å²) in [4.78, 5) is 2.69. The fourth-order valence-corrected chi connectivity index (χ4v) is 3.90. The van der Waals surface area contributed by atoms with Gasteiger partial charge in [0.1, 0.15) is 0 Å². The molecule has 0 aromatic rings. The van der Waals surface area contributed by atoms with Crippen molar-refractivity contribution in [3.05, 3.63) is 12.2 Å². The van der Waals surface area contributed by atoms with E-state index in [4.69, 9.17) is 0 Å². The van der Waals surface area contributed by atoms with Gasteiger partial charge in [0.05, 0.1) is 0 Å². The highest BCUT2D eigenvalue weighted by Crippen LogP contribution is 2.55. The molecule has 0 spiro atoms. The van der Waals surface area contributed by atoms with Gasteiger partial charge >= 0.3 is 0 Å². The molecule has 0 amide bonds. The molecule has 2 bridgehead atoms. The summed E-state index contributed by atoms with van der Waals surface area (Å²) >= 11 is 0. The fraction of sp³-hybridized carbons (Fsp3) is 0.833. The van der Waals surface area contributed by atoms with Crippen LogP contribution in [0.2, 0.25) is 0 Å². The zero-order valence-electron chi connectivity index (χ0n) is 8.45. The molecule has 1 nitrogen and oxygen atoms in total. The van der Waals surface area contributed by atoms with E-state index in [1.165, 1.54) is 19.5 Å². The Balaban J connectivity index is 1.66. The van der Waals surface area contributed by atoms with Gasteiger partial charge in [-0.1, -0.05) is 12.2 Å². The number of rotatable bonds is 2. The van der Waals surface area contributed by atoms with Gasteiger partial charge in [-0.05, 0) is 43.9 Å². The summed E-state index contributed by atoms with van der Waals surface area (Å²) in [6.45, 7) is 4.73. The number of allylic oxidation sites excluding steroid dienone is 1. The minimum absolute atomic E-state index is 0.995. The molecule has 0 radical (unpaired) electrons. The predicted molar refractivity (Wildman–Crippen MR) is 54.5 cm³/mol. The van der Waals surface area contributed by atoms with Gasteiger partial charge in [-0.25, -0.2) is 0 Å². The second kappa shape index (κ2) is 2.84. The van der Waals surface area contributed by atoms with Crippen molar-refractivity contribution in [3.63, 3.8) is 0 Å². The number of fused-ring (bicyclic) bond motifs is 5. The molecule has 3 fully saturated rings. The van der Waals surface area contributed by atoms with E-state index in [1.54, 1.807) is 12.8 Å². The topological polar surface area (TPSA) is 3.24 Å². The van der Waals surface area contributed by atoms with E-state index in [1.807, 2.05) is 0 Å². The van der Waals surface area contributed by atoms with E-state index in [0.29, 0.717) is 0 Å². The monoisotopic (exact) mass is 177 g/mol. The molecule has 1 heterocycles. The minimum atomic E-state index is 0.995. The fourth-order valence-electron chi connectivity index (χ4n) is 3.90. The third-order valence-electron chi connectivity index (χ3n) is 4.48. The van der Waals surface area contributed by atoms with E-state index in [-0.39, 0.29) is 0 Å². The summed E-state index contributed by atoms with van der Waals surface area (Å²) < 4.78 is 0. The molecule has 1 aliphatic heterocycles. The maximum Gasteiger partial charge on any atom is 0.0170 e. The van der Waals surface area contributed by atoms with Crippen molar-refractivity contribution < 1.29 is 0 Å². The van der Waals surface area contributed by atoms with E-state index >= 15 is 0 Å². The van der Waals surface area contributed by atoms with Crippen molar-refractivity contribution >= 4 is 0 Å². The first kappa shape index (κ1) is 8.05. The number of hydrogen-bond acceptors (Lipinski definition) is 1. The molecule has 0 aromatic carbocycles. The molecule has 0 aromatic heterocycles. The average molecular weight is 177 g/mol. The number of nitrogens with zero attached hydrogens (tertiary/aromatic N) is 1. The van der Waals surface area contributed by atoms with E-state index < -0.39 is 0 Å². The molecule has 2 aliphatic carbocycles. The summed E-state index contributed by atoms with van der Waals surface area (Å²) in [6, 6.07) is 0.995. The van der Waals surface area contributed by atoms with Crippen molar-refractivity contribution in [2.45, 2.75) is 32.2 Å². The summed E-state index contributed by atoms with van der Waals surface area (Å²) in [5, 5.41) is 0. The Morgan fingerprint density at radius 3 is 2.92 bits per heavy atom. The van der Waals surface area contributed by atoms with Crippen LogP contribution in [0.1, 0.15) is 26.2 Å². The molecule has 1 saturated heterocycles. The molecule has 3 aliphatic rings. The van der Waals surface area contributed by atoms with Gasteiger partial charge in [0, 0.05) is 19.1 Å². The minimum Gasteiger partial charge on any atom is -0.296 e. The summed E-state index contributed by atoms with van der Waals surface area (Å²) in [6.07, 6.45) is 9.12. The maximum absolute atomic E-state index is 2.69. The number of hydrogen-bond donors (Lipinski definition) is 0. The van der Waals surface area contributed by atoms with Crippen LogP contribution >= 0.6 is 0 Å². The largest absolute Gasteiger partial charge is 0.296 e. The highest BCUT2D eigenvalue weighted by Gasteiger charge is 2.55. The van der Waals surface area contributed by atoms with Crippen LogP contribution in [0.3, 0.4) is 0 Å². The highest BCUT2D eigenvalue weighted by atomic mass is 15.2. The average Bonchev–Trinajstić information content (AvgIpc) is 2.60. The molecular weight excluding hydrogens is 158 g/mol. The normalized spacial score (nSPS) is 48.4. The second-order valence-electron chi connectivity index (χ2n) is 5.01. The lowest BCUT2D eigenvalue weighted by Gasteiger charge is -2.50. The molecule has 4 unspecified atom stereocenters. The zero-order valence-corrected chi connectivity index (χ0v) is 8.45. The molecule has 4 atom stereocenters. The first-order valence-corrected chi connectivity index (χ1v) is 5.75. The summed E-state index contributed by atoms with van der Waals surface area (Å²) in [5.74, 6) is 3.30. The molecule has 72 valence electrons. The molecule has 2 saturated carbocycles. The van der Waals surface area contributed by atoms with Crippen LogP contribution in [-0.2, 0) is 0 Å². The first-order chi connectivity index (χ1) is 6.40. The van der Waals surface area contributed by atoms with Crippen molar-refractivity contribution in [1.29, 1.82) is 0 Å². The Kier molecular flexibility index (Phi) is 1.76. The molecular formula is C12H19N. The third-order valence-corrected chi connectivity index (χ3v) is 4.48. The Morgan fingerprint density at radius 2 is 2.15 bits per heavy atom. The quantitative estimate of drug-likeness (QED) is 0.585. The summed E-state index contributed by atoms with van der Waals surface area (Å²) in [5.41, 5.74) is 0. The van der Waals surface area contributed by atoms with Crippen molar-refractivity contribution in [3.8, 4) is 0 Å². The van der Waals surface area contributed by atoms with Gasteiger partial charge in [-0.15, -0.1) is 0 Å². The Bertz CT molecular complexity index is 231. The van der Waals surface area contributed by atoms with Crippen LogP contribution in [0.15, 0.2) is 12.2 Å². The second-order valence-corrected chi connectivity index (χ2v) is 5.01. The van der Waals surface area contributed by atoms with E-state index in [0.717, 1.165) is 23.8 Å². The van der Waals surface area contributed by atoms with E-state index in [2.05, 4.69) is 24.0 Å². The van der Waals surface area contributed by atoms with Crippen LogP contribution in [0.4, 0.5) is 0 Å². The maximum atomic E-state index is 2.69. The molecule has 13 heavy (non-hydrogen) atoms. The molecule has 1 heteroatoms. The lowest BCUT2D eigenvalue weighted by atomic mass is 9.77. The smallest absolute Gasteiger partial charge is 0.0170 e. The van der Waals surface area contributed by atoms with Crippen molar-refractivity contribution in [2.75, 3.05) is 13.1 Å².